The molecule has 0 aromatic rings. The molecule has 3 saturated carbocycles. The van der Waals surface area contributed by atoms with Gasteiger partial charge >= 0.3 is 0 Å². The molecular formula is C28H48N4O4. The van der Waals surface area contributed by atoms with Gasteiger partial charge in [0.25, 0.3) is 11.8 Å². The highest BCUT2D eigenvalue weighted by Crippen LogP contribution is 2.38. The molecule has 5 rings (SSSR count). The van der Waals surface area contributed by atoms with E-state index >= 15 is 0 Å². The molecule has 0 radical (unpaired) electrons. The van der Waals surface area contributed by atoms with Crippen LogP contribution < -0.4 is 10.6 Å². The Morgan fingerprint density at radius 3 is 1.25 bits per heavy atom. The fraction of sp³-hybridized carbons (Fsp3) is 0.929. The molecule has 0 spiro atoms. The van der Waals surface area contributed by atoms with Gasteiger partial charge in [-0.3, -0.25) is 9.59 Å². The number of hydroxylamine groups is 6. The Kier molecular flexibility index (Phi) is 8.25. The highest BCUT2D eigenvalue weighted by Gasteiger charge is 2.48. The first-order chi connectivity index (χ1) is 17.4. The second-order valence-electron chi connectivity index (χ2n) is 12.6. The summed E-state index contributed by atoms with van der Waals surface area (Å²) >= 11 is 0. The average Bonchev–Trinajstić information content (AvgIpc) is 3.50. The van der Waals surface area contributed by atoms with Gasteiger partial charge in [0.2, 0.25) is 0 Å². The van der Waals surface area contributed by atoms with Crippen LogP contribution in [0.25, 0.3) is 0 Å². The Morgan fingerprint density at radius 2 is 0.861 bits per heavy atom. The van der Waals surface area contributed by atoms with Gasteiger partial charge in [-0.1, -0.05) is 25.7 Å². The summed E-state index contributed by atoms with van der Waals surface area (Å²) < 4.78 is -0.676. The van der Waals surface area contributed by atoms with Crippen LogP contribution >= 0.6 is 0 Å². The summed E-state index contributed by atoms with van der Waals surface area (Å²) in [5, 5.41) is 34.3. The average molecular weight is 505 g/mol. The molecule has 2 amide bonds. The molecule has 0 bridgehead atoms. The number of hydrogen-bond donors (Lipinski definition) is 2. The van der Waals surface area contributed by atoms with Crippen molar-refractivity contribution in [3.63, 3.8) is 0 Å². The number of likely N-dealkylation sites (tertiary alicyclic amines) is 2. The molecule has 2 saturated heterocycles. The first-order valence-corrected chi connectivity index (χ1v) is 15.2. The number of carbonyl (C=O) groups excluding carboxylic acids is 2. The lowest BCUT2D eigenvalue weighted by Crippen LogP contribution is -2.64. The van der Waals surface area contributed by atoms with Crippen LogP contribution in [-0.4, -0.2) is 70.4 Å². The van der Waals surface area contributed by atoms with E-state index in [9.17, 15) is 20.0 Å². The van der Waals surface area contributed by atoms with Crippen molar-refractivity contribution in [3.05, 3.63) is 10.4 Å². The zero-order valence-corrected chi connectivity index (χ0v) is 22.1. The second-order valence-corrected chi connectivity index (χ2v) is 12.6. The predicted octanol–water partition coefficient (Wildman–Crippen LogP) is 4.15. The molecule has 0 aromatic heterocycles. The fourth-order valence-corrected chi connectivity index (χ4v) is 8.42. The first-order valence-electron chi connectivity index (χ1n) is 15.2. The molecule has 3 aliphatic carbocycles. The van der Waals surface area contributed by atoms with E-state index in [1.165, 1.54) is 12.8 Å². The number of carbonyl (C=O) groups is 2. The highest BCUT2D eigenvalue weighted by molar-refractivity contribution is 5.83. The van der Waals surface area contributed by atoms with Gasteiger partial charge in [0.05, 0.1) is 25.2 Å². The molecule has 204 valence electrons. The summed E-state index contributed by atoms with van der Waals surface area (Å²) in [5.74, 6) is -0.229. The summed E-state index contributed by atoms with van der Waals surface area (Å²) in [6.07, 6.45) is 17.1. The second kappa shape index (κ2) is 11.3. The third-order valence-electron chi connectivity index (χ3n) is 10.4. The van der Waals surface area contributed by atoms with Crippen LogP contribution in [0.3, 0.4) is 0 Å². The lowest BCUT2D eigenvalue weighted by molar-refractivity contribution is -0.909. The number of nitrogens with zero attached hydrogens (tertiary/aromatic N) is 2. The largest absolute Gasteiger partial charge is 0.632 e. The minimum atomic E-state index is -0.515. The van der Waals surface area contributed by atoms with E-state index in [4.69, 9.17) is 0 Å². The van der Waals surface area contributed by atoms with Gasteiger partial charge in [0.1, 0.15) is 0 Å². The van der Waals surface area contributed by atoms with Gasteiger partial charge in [-0.15, -0.1) is 0 Å². The van der Waals surface area contributed by atoms with Crippen LogP contribution in [-0.2, 0) is 9.59 Å². The normalized spacial score (nSPS) is 40.7. The predicted molar refractivity (Wildman–Crippen MR) is 139 cm³/mol. The third-order valence-corrected chi connectivity index (χ3v) is 10.4. The lowest BCUT2D eigenvalue weighted by Gasteiger charge is -2.51. The quantitative estimate of drug-likeness (QED) is 0.419. The van der Waals surface area contributed by atoms with Crippen molar-refractivity contribution < 1.29 is 18.9 Å². The zero-order chi connectivity index (χ0) is 25.2. The maximum Gasteiger partial charge on any atom is 0.278 e. The van der Waals surface area contributed by atoms with Crippen molar-refractivity contribution >= 4 is 11.8 Å². The summed E-state index contributed by atoms with van der Waals surface area (Å²) in [4.78, 5) is 27.0. The van der Waals surface area contributed by atoms with Gasteiger partial charge in [-0.05, 0) is 64.2 Å². The fourth-order valence-electron chi connectivity index (χ4n) is 8.42. The van der Waals surface area contributed by atoms with Crippen molar-refractivity contribution in [1.82, 2.24) is 10.6 Å². The molecular weight excluding hydrogens is 456 g/mol. The van der Waals surface area contributed by atoms with E-state index in [2.05, 4.69) is 10.6 Å². The zero-order valence-electron chi connectivity index (χ0n) is 22.1. The molecule has 36 heavy (non-hydrogen) atoms. The monoisotopic (exact) mass is 504 g/mol. The first kappa shape index (κ1) is 26.4. The Bertz CT molecular complexity index is 720. The Morgan fingerprint density at radius 1 is 0.500 bits per heavy atom. The molecule has 8 nitrogen and oxygen atoms in total. The summed E-state index contributed by atoms with van der Waals surface area (Å²) in [7, 11) is 0. The third kappa shape index (κ3) is 5.20. The number of hydrogen-bond acceptors (Lipinski definition) is 4. The van der Waals surface area contributed by atoms with Crippen LogP contribution in [0.15, 0.2) is 0 Å². The van der Waals surface area contributed by atoms with Crippen LogP contribution in [0.1, 0.15) is 116 Å². The summed E-state index contributed by atoms with van der Waals surface area (Å²) in [6.45, 7) is 1.11. The lowest BCUT2D eigenvalue weighted by atomic mass is 9.89. The van der Waals surface area contributed by atoms with Crippen molar-refractivity contribution in [2.24, 2.45) is 0 Å². The van der Waals surface area contributed by atoms with Crippen molar-refractivity contribution in [3.8, 4) is 0 Å². The Hall–Kier alpha value is -1.22. The highest BCUT2D eigenvalue weighted by atomic mass is 16.6. The van der Waals surface area contributed by atoms with Gasteiger partial charge in [-0.25, -0.2) is 0 Å². The summed E-state index contributed by atoms with van der Waals surface area (Å²) in [5.41, 5.74) is 0. The summed E-state index contributed by atoms with van der Waals surface area (Å²) in [6, 6.07) is -1.22. The number of amides is 2. The maximum absolute atomic E-state index is 13.9. The standard InChI is InChI=1S/C28H48N4O4/c33-27(25-17-9-19-31(25,35)21-11-3-1-4-12-21)29-23-15-7-8-16-24(23)30-28(34)26-18-10-20-32(26,36)22-13-5-2-6-14-22/h21-26H,1-20H2,(H,29,33)(H,30,34)/t23-,24-,25-,26-,31+,32+/m0/s1. The van der Waals surface area contributed by atoms with Crippen LogP contribution in [0.4, 0.5) is 0 Å². The van der Waals surface area contributed by atoms with E-state index < -0.39 is 12.1 Å². The van der Waals surface area contributed by atoms with E-state index in [1.54, 1.807) is 0 Å². The molecule has 5 fully saturated rings. The van der Waals surface area contributed by atoms with Gasteiger partial charge in [0, 0.05) is 37.8 Å². The molecule has 0 unspecified atom stereocenters. The number of nitrogens with one attached hydrogen (secondary N) is 2. The topological polar surface area (TPSA) is 104 Å². The molecule has 5 aliphatic rings. The van der Waals surface area contributed by atoms with Crippen LogP contribution in [0.2, 0.25) is 0 Å². The van der Waals surface area contributed by atoms with Gasteiger partial charge in [0.15, 0.2) is 12.1 Å². The van der Waals surface area contributed by atoms with Crippen LogP contribution in [0.5, 0.6) is 0 Å². The van der Waals surface area contributed by atoms with Crippen LogP contribution in [0, 0.1) is 10.4 Å². The smallest absolute Gasteiger partial charge is 0.278 e. The van der Waals surface area contributed by atoms with Crippen molar-refractivity contribution in [1.29, 1.82) is 0 Å². The van der Waals surface area contributed by atoms with E-state index in [0.717, 1.165) is 89.9 Å². The molecule has 8 heteroatoms. The maximum atomic E-state index is 13.9. The Balaban J connectivity index is 1.22. The molecule has 2 heterocycles. The molecule has 2 N–H and O–H groups in total. The van der Waals surface area contributed by atoms with E-state index in [-0.39, 0.29) is 45.3 Å². The minimum Gasteiger partial charge on any atom is -0.632 e. The molecule has 6 atom stereocenters. The van der Waals surface area contributed by atoms with Gasteiger partial charge < -0.3 is 30.3 Å². The Labute approximate surface area is 216 Å². The minimum absolute atomic E-state index is 0.0592. The van der Waals surface area contributed by atoms with Gasteiger partial charge in [-0.2, -0.15) is 0 Å². The van der Waals surface area contributed by atoms with E-state index in [1.807, 2.05) is 0 Å². The van der Waals surface area contributed by atoms with Crippen molar-refractivity contribution in [2.75, 3.05) is 13.1 Å². The number of rotatable bonds is 6. The van der Waals surface area contributed by atoms with Crippen molar-refractivity contribution in [2.45, 2.75) is 152 Å². The SMILES string of the molecule is O=C(N[C@H]1CCCC[C@@H]1NC(=O)[C@@H]1CCC[N@@+]1([O-])C1CCCCC1)[C@@H]1CCC[N@@+]1([O-])C1CCCCC1. The number of quaternary nitrogens is 2. The van der Waals surface area contributed by atoms with E-state index in [0.29, 0.717) is 25.9 Å². The molecule has 2 aliphatic heterocycles. The molecule has 0 aromatic carbocycles.